The Bertz CT molecular complexity index is 263. The molecule has 0 aliphatic carbocycles. The maximum absolute atomic E-state index is 5.05. The van der Waals surface area contributed by atoms with Crippen LogP contribution in [0.3, 0.4) is 0 Å². The fourth-order valence-electron chi connectivity index (χ4n) is 1.39. The predicted octanol–water partition coefficient (Wildman–Crippen LogP) is 2.57. The van der Waals surface area contributed by atoms with Gasteiger partial charge in [-0.25, -0.2) is 0 Å². The number of aryl methyl sites for hydroxylation is 1. The van der Waals surface area contributed by atoms with Crippen LogP contribution in [0.25, 0.3) is 0 Å². The molecule has 0 amide bonds. The standard InChI is InChI=1S/C11H19NO/c1-9(2)11-7-10(3)12(8-11)5-6-13-4/h7-9H,5-6H2,1-4H3. The molecule has 1 rings (SSSR count). The molecule has 0 fully saturated rings. The maximum Gasteiger partial charge on any atom is 0.0641 e. The van der Waals surface area contributed by atoms with Crippen molar-refractivity contribution in [2.24, 2.45) is 0 Å². The molecule has 0 atom stereocenters. The van der Waals surface area contributed by atoms with Crippen molar-refractivity contribution in [2.45, 2.75) is 33.2 Å². The van der Waals surface area contributed by atoms with Crippen molar-refractivity contribution >= 4 is 0 Å². The minimum atomic E-state index is 0.613. The van der Waals surface area contributed by atoms with Gasteiger partial charge in [-0.2, -0.15) is 0 Å². The van der Waals surface area contributed by atoms with E-state index in [9.17, 15) is 0 Å². The van der Waals surface area contributed by atoms with Crippen molar-refractivity contribution in [3.63, 3.8) is 0 Å². The predicted molar refractivity (Wildman–Crippen MR) is 55.1 cm³/mol. The fourth-order valence-corrected chi connectivity index (χ4v) is 1.39. The Morgan fingerprint density at radius 1 is 1.46 bits per heavy atom. The summed E-state index contributed by atoms with van der Waals surface area (Å²) >= 11 is 0. The molecule has 2 heteroatoms. The number of nitrogens with zero attached hydrogens (tertiary/aromatic N) is 1. The second-order valence-corrected chi connectivity index (χ2v) is 3.76. The van der Waals surface area contributed by atoms with Crippen molar-refractivity contribution in [3.8, 4) is 0 Å². The first-order valence-corrected chi connectivity index (χ1v) is 4.80. The van der Waals surface area contributed by atoms with E-state index in [0.29, 0.717) is 5.92 Å². The first-order chi connectivity index (χ1) is 6.15. The van der Waals surface area contributed by atoms with Gasteiger partial charge in [-0.05, 0) is 24.5 Å². The number of methoxy groups -OCH3 is 1. The average Bonchev–Trinajstić information content (AvgIpc) is 2.44. The Kier molecular flexibility index (Phi) is 3.55. The number of aromatic nitrogens is 1. The Morgan fingerprint density at radius 2 is 2.15 bits per heavy atom. The second-order valence-electron chi connectivity index (χ2n) is 3.76. The lowest BCUT2D eigenvalue weighted by Crippen LogP contribution is -2.04. The molecule has 1 aromatic rings. The average molecular weight is 181 g/mol. The van der Waals surface area contributed by atoms with Crippen LogP contribution in [-0.4, -0.2) is 18.3 Å². The fraction of sp³-hybridized carbons (Fsp3) is 0.636. The van der Waals surface area contributed by atoms with E-state index in [1.165, 1.54) is 11.3 Å². The van der Waals surface area contributed by atoms with Gasteiger partial charge in [0, 0.05) is 25.5 Å². The Balaban J connectivity index is 2.71. The first kappa shape index (κ1) is 10.3. The van der Waals surface area contributed by atoms with E-state index in [-0.39, 0.29) is 0 Å². The van der Waals surface area contributed by atoms with Crippen molar-refractivity contribution in [1.29, 1.82) is 0 Å². The number of hydrogen-bond donors (Lipinski definition) is 0. The molecule has 1 aromatic heterocycles. The van der Waals surface area contributed by atoms with Crippen LogP contribution in [0.5, 0.6) is 0 Å². The maximum atomic E-state index is 5.05. The van der Waals surface area contributed by atoms with Gasteiger partial charge in [0.25, 0.3) is 0 Å². The van der Waals surface area contributed by atoms with Crippen LogP contribution in [0.1, 0.15) is 31.0 Å². The summed E-state index contributed by atoms with van der Waals surface area (Å²) in [5, 5.41) is 0. The zero-order chi connectivity index (χ0) is 9.84. The third-order valence-corrected chi connectivity index (χ3v) is 2.34. The molecular formula is C11H19NO. The van der Waals surface area contributed by atoms with Gasteiger partial charge in [-0.3, -0.25) is 0 Å². The van der Waals surface area contributed by atoms with Crippen molar-refractivity contribution in [2.75, 3.05) is 13.7 Å². The van der Waals surface area contributed by atoms with Crippen molar-refractivity contribution in [3.05, 3.63) is 23.5 Å². The highest BCUT2D eigenvalue weighted by atomic mass is 16.5. The van der Waals surface area contributed by atoms with Gasteiger partial charge in [-0.1, -0.05) is 13.8 Å². The third kappa shape index (κ3) is 2.59. The highest BCUT2D eigenvalue weighted by molar-refractivity contribution is 5.20. The zero-order valence-corrected chi connectivity index (χ0v) is 9.00. The summed E-state index contributed by atoms with van der Waals surface area (Å²) in [6.07, 6.45) is 2.22. The van der Waals surface area contributed by atoms with E-state index in [2.05, 4.69) is 37.6 Å². The van der Waals surface area contributed by atoms with Gasteiger partial charge in [0.05, 0.1) is 6.61 Å². The summed E-state index contributed by atoms with van der Waals surface area (Å²) in [7, 11) is 1.74. The SMILES string of the molecule is COCCn1cc(C(C)C)cc1C. The number of ether oxygens (including phenoxy) is 1. The molecule has 0 N–H and O–H groups in total. The van der Waals surface area contributed by atoms with Gasteiger partial charge in [-0.15, -0.1) is 0 Å². The smallest absolute Gasteiger partial charge is 0.0641 e. The normalized spacial score (nSPS) is 11.2. The van der Waals surface area contributed by atoms with Gasteiger partial charge >= 0.3 is 0 Å². The van der Waals surface area contributed by atoms with E-state index >= 15 is 0 Å². The topological polar surface area (TPSA) is 14.2 Å². The van der Waals surface area contributed by atoms with Gasteiger partial charge in [0.1, 0.15) is 0 Å². The molecule has 0 saturated heterocycles. The summed E-state index contributed by atoms with van der Waals surface area (Å²) in [5.74, 6) is 0.613. The molecule has 0 aliphatic heterocycles. The minimum Gasteiger partial charge on any atom is -0.383 e. The van der Waals surface area contributed by atoms with Crippen molar-refractivity contribution in [1.82, 2.24) is 4.57 Å². The van der Waals surface area contributed by atoms with Crippen LogP contribution >= 0.6 is 0 Å². The summed E-state index contributed by atoms with van der Waals surface area (Å²) in [6.45, 7) is 8.31. The summed E-state index contributed by atoms with van der Waals surface area (Å²) in [5.41, 5.74) is 2.73. The minimum absolute atomic E-state index is 0.613. The number of hydrogen-bond acceptors (Lipinski definition) is 1. The summed E-state index contributed by atoms with van der Waals surface area (Å²) < 4.78 is 7.30. The highest BCUT2D eigenvalue weighted by Gasteiger charge is 2.04. The van der Waals surface area contributed by atoms with Crippen LogP contribution in [0.15, 0.2) is 12.3 Å². The van der Waals surface area contributed by atoms with E-state index < -0.39 is 0 Å². The summed E-state index contributed by atoms with van der Waals surface area (Å²) in [4.78, 5) is 0. The first-order valence-electron chi connectivity index (χ1n) is 4.80. The van der Waals surface area contributed by atoms with E-state index in [1.807, 2.05) is 0 Å². The molecule has 0 aliphatic rings. The molecule has 0 spiro atoms. The summed E-state index contributed by atoms with van der Waals surface area (Å²) in [6, 6.07) is 2.25. The van der Waals surface area contributed by atoms with E-state index in [1.54, 1.807) is 7.11 Å². The molecule has 0 radical (unpaired) electrons. The Hall–Kier alpha value is -0.760. The quantitative estimate of drug-likeness (QED) is 0.696. The lowest BCUT2D eigenvalue weighted by atomic mass is 10.1. The van der Waals surface area contributed by atoms with Crippen LogP contribution in [0.2, 0.25) is 0 Å². The van der Waals surface area contributed by atoms with Crippen molar-refractivity contribution < 1.29 is 4.74 Å². The molecule has 0 saturated carbocycles. The lowest BCUT2D eigenvalue weighted by Gasteiger charge is -2.04. The molecule has 0 aromatic carbocycles. The highest BCUT2D eigenvalue weighted by Crippen LogP contribution is 2.17. The second kappa shape index (κ2) is 4.47. The number of rotatable bonds is 4. The zero-order valence-electron chi connectivity index (χ0n) is 9.00. The van der Waals surface area contributed by atoms with Crippen LogP contribution in [0.4, 0.5) is 0 Å². The molecule has 74 valence electrons. The van der Waals surface area contributed by atoms with Gasteiger partial charge in [0.2, 0.25) is 0 Å². The van der Waals surface area contributed by atoms with Crippen LogP contribution < -0.4 is 0 Å². The van der Waals surface area contributed by atoms with Gasteiger partial charge < -0.3 is 9.30 Å². The Labute approximate surface area is 80.5 Å². The largest absolute Gasteiger partial charge is 0.383 e. The van der Waals surface area contributed by atoms with Crippen LogP contribution in [-0.2, 0) is 11.3 Å². The Morgan fingerprint density at radius 3 is 2.62 bits per heavy atom. The molecule has 0 bridgehead atoms. The lowest BCUT2D eigenvalue weighted by molar-refractivity contribution is 0.187. The third-order valence-electron chi connectivity index (χ3n) is 2.34. The van der Waals surface area contributed by atoms with Crippen LogP contribution in [0, 0.1) is 6.92 Å². The monoisotopic (exact) mass is 181 g/mol. The van der Waals surface area contributed by atoms with Gasteiger partial charge in [0.15, 0.2) is 0 Å². The molecule has 1 heterocycles. The molecule has 2 nitrogen and oxygen atoms in total. The van der Waals surface area contributed by atoms with E-state index in [4.69, 9.17) is 4.74 Å². The molecule has 0 unspecified atom stereocenters. The van der Waals surface area contributed by atoms with E-state index in [0.717, 1.165) is 13.2 Å². The molecule has 13 heavy (non-hydrogen) atoms. The molecular weight excluding hydrogens is 162 g/mol.